The second-order valence-electron chi connectivity index (χ2n) is 4.46. The van der Waals surface area contributed by atoms with E-state index in [4.69, 9.17) is 24.4 Å². The summed E-state index contributed by atoms with van der Waals surface area (Å²) in [7, 11) is 0. The molecular weight excluding hydrogens is 256 g/mol. The molecule has 1 aliphatic carbocycles. The van der Waals surface area contributed by atoms with Crippen molar-refractivity contribution < 1.29 is 0 Å². The fourth-order valence-electron chi connectivity index (χ4n) is 2.38. The van der Waals surface area contributed by atoms with E-state index in [-0.39, 0.29) is 0 Å². The maximum atomic E-state index is 5.37. The first-order valence-corrected chi connectivity index (χ1v) is 7.05. The van der Waals surface area contributed by atoms with Gasteiger partial charge in [0.15, 0.2) is 4.77 Å². The summed E-state index contributed by atoms with van der Waals surface area (Å²) in [5, 5.41) is 1.20. The molecule has 0 aliphatic heterocycles. The molecule has 1 unspecified atom stereocenters. The monoisotopic (exact) mass is 268 g/mol. The molecule has 0 bridgehead atoms. The number of hydrogen-bond acceptors (Lipinski definition) is 3. The van der Waals surface area contributed by atoms with Crippen LogP contribution in [0.3, 0.4) is 0 Å². The minimum Gasteiger partial charge on any atom is -0.324 e. The topological polar surface area (TPSA) is 31.6 Å². The zero-order valence-corrected chi connectivity index (χ0v) is 11.4. The second kappa shape index (κ2) is 3.75. The summed E-state index contributed by atoms with van der Waals surface area (Å²) in [6.45, 7) is 2.32. The Kier molecular flexibility index (Phi) is 2.49. The minimum atomic E-state index is 0.629. The van der Waals surface area contributed by atoms with Gasteiger partial charge in [-0.2, -0.15) is 0 Å². The molecule has 2 heterocycles. The average Bonchev–Trinajstić information content (AvgIpc) is 2.54. The van der Waals surface area contributed by atoms with Gasteiger partial charge in [0.25, 0.3) is 0 Å². The third-order valence-corrected chi connectivity index (χ3v) is 4.87. The number of aromatic nitrogens is 2. The van der Waals surface area contributed by atoms with Gasteiger partial charge >= 0.3 is 0 Å². The number of aryl methyl sites for hydroxylation is 1. The van der Waals surface area contributed by atoms with Crippen LogP contribution in [0.15, 0.2) is 0 Å². The van der Waals surface area contributed by atoms with E-state index >= 15 is 0 Å². The van der Waals surface area contributed by atoms with Crippen LogP contribution in [0, 0.1) is 15.3 Å². The third kappa shape index (κ3) is 1.58. The molecule has 0 amide bonds. The molecule has 5 heteroatoms. The number of rotatable bonds is 0. The number of H-pyrrole nitrogens is 2. The van der Waals surface area contributed by atoms with Crippen LogP contribution in [0.5, 0.6) is 0 Å². The van der Waals surface area contributed by atoms with E-state index < -0.39 is 0 Å². The highest BCUT2D eigenvalue weighted by Gasteiger charge is 2.21. The maximum Gasteiger partial charge on any atom is 0.176 e. The average molecular weight is 268 g/mol. The number of fused-ring (bicyclic) bond motifs is 3. The van der Waals surface area contributed by atoms with Gasteiger partial charge in [-0.15, -0.1) is 11.3 Å². The minimum absolute atomic E-state index is 0.629. The van der Waals surface area contributed by atoms with E-state index in [2.05, 4.69) is 16.9 Å². The zero-order chi connectivity index (χ0) is 11.3. The van der Waals surface area contributed by atoms with Crippen LogP contribution >= 0.6 is 35.8 Å². The first-order valence-electron chi connectivity index (χ1n) is 5.42. The Morgan fingerprint density at radius 1 is 1.31 bits per heavy atom. The summed E-state index contributed by atoms with van der Waals surface area (Å²) in [6, 6.07) is 0. The molecule has 2 aromatic heterocycles. The Morgan fingerprint density at radius 2 is 2.12 bits per heavy atom. The van der Waals surface area contributed by atoms with Crippen LogP contribution in [0.25, 0.3) is 10.2 Å². The van der Waals surface area contributed by atoms with Gasteiger partial charge in [-0.1, -0.05) is 19.1 Å². The normalized spacial score (nSPS) is 19.9. The van der Waals surface area contributed by atoms with Gasteiger partial charge in [0.2, 0.25) is 0 Å². The summed E-state index contributed by atoms with van der Waals surface area (Å²) in [5.74, 6) is 0.793. The zero-order valence-electron chi connectivity index (χ0n) is 8.92. The lowest BCUT2D eigenvalue weighted by Gasteiger charge is -2.17. The lowest BCUT2D eigenvalue weighted by Crippen LogP contribution is -2.08. The van der Waals surface area contributed by atoms with Gasteiger partial charge in [-0.3, -0.25) is 0 Å². The van der Waals surface area contributed by atoms with Crippen LogP contribution in [-0.4, -0.2) is 9.97 Å². The van der Waals surface area contributed by atoms with Crippen molar-refractivity contribution in [1.29, 1.82) is 0 Å². The molecule has 0 fully saturated rings. The van der Waals surface area contributed by atoms with Crippen molar-refractivity contribution in [3.05, 3.63) is 19.9 Å². The molecule has 3 rings (SSSR count). The van der Waals surface area contributed by atoms with Gasteiger partial charge in [-0.05, 0) is 43.0 Å². The SMILES string of the molecule is CC1CCc2c(sc3[nH]c(=S)[nH]c(=S)c23)C1. The lowest BCUT2D eigenvalue weighted by atomic mass is 9.89. The molecule has 2 aromatic rings. The first-order chi connectivity index (χ1) is 7.65. The molecule has 0 spiro atoms. The molecule has 1 aliphatic rings. The van der Waals surface area contributed by atoms with Crippen molar-refractivity contribution >= 4 is 46.0 Å². The summed E-state index contributed by atoms with van der Waals surface area (Å²) in [4.78, 5) is 8.89. The number of aromatic amines is 2. The quantitative estimate of drug-likeness (QED) is 0.704. The van der Waals surface area contributed by atoms with Gasteiger partial charge in [0, 0.05) is 10.3 Å². The molecule has 2 nitrogen and oxygen atoms in total. The second-order valence-corrected chi connectivity index (χ2v) is 6.39. The van der Waals surface area contributed by atoms with Crippen molar-refractivity contribution in [2.75, 3.05) is 0 Å². The van der Waals surface area contributed by atoms with Gasteiger partial charge in [0.1, 0.15) is 9.47 Å². The highest BCUT2D eigenvalue weighted by Crippen LogP contribution is 2.37. The van der Waals surface area contributed by atoms with E-state index in [1.807, 2.05) is 11.3 Å². The van der Waals surface area contributed by atoms with E-state index in [0.29, 0.717) is 4.77 Å². The Morgan fingerprint density at radius 3 is 2.94 bits per heavy atom. The molecule has 2 N–H and O–H groups in total. The molecule has 0 saturated heterocycles. The van der Waals surface area contributed by atoms with Crippen LogP contribution in [0.4, 0.5) is 0 Å². The van der Waals surface area contributed by atoms with Crippen molar-refractivity contribution in [2.24, 2.45) is 5.92 Å². The van der Waals surface area contributed by atoms with Crippen LogP contribution in [0.1, 0.15) is 23.8 Å². The standard InChI is InChI=1S/C11H12N2S3/c1-5-2-3-6-7(4-5)16-10-8(6)9(14)12-11(15)13-10/h5H,2-4H2,1H3,(H2,12,13,14,15). The number of thiophene rings is 1. The molecule has 0 saturated carbocycles. The van der Waals surface area contributed by atoms with Crippen molar-refractivity contribution in [1.82, 2.24) is 9.97 Å². The van der Waals surface area contributed by atoms with Crippen LogP contribution < -0.4 is 0 Å². The molecule has 16 heavy (non-hydrogen) atoms. The van der Waals surface area contributed by atoms with Crippen molar-refractivity contribution in [2.45, 2.75) is 26.2 Å². The van der Waals surface area contributed by atoms with Crippen LogP contribution in [0.2, 0.25) is 0 Å². The fraction of sp³-hybridized carbons (Fsp3) is 0.455. The summed E-state index contributed by atoms with van der Waals surface area (Å²) < 4.78 is 1.43. The molecule has 84 valence electrons. The largest absolute Gasteiger partial charge is 0.324 e. The number of nitrogens with one attached hydrogen (secondary N) is 2. The summed E-state index contributed by atoms with van der Waals surface area (Å²) >= 11 is 12.3. The van der Waals surface area contributed by atoms with Gasteiger partial charge in [0.05, 0.1) is 0 Å². The van der Waals surface area contributed by atoms with Crippen molar-refractivity contribution in [3.8, 4) is 0 Å². The fourth-order valence-corrected chi connectivity index (χ4v) is 4.53. The van der Waals surface area contributed by atoms with Gasteiger partial charge in [-0.25, -0.2) is 0 Å². The molecular formula is C11H12N2S3. The predicted molar refractivity (Wildman–Crippen MR) is 73.4 cm³/mol. The predicted octanol–water partition coefficient (Wildman–Crippen LogP) is 4.14. The summed E-state index contributed by atoms with van der Waals surface area (Å²) in [5.41, 5.74) is 1.45. The van der Waals surface area contributed by atoms with E-state index in [1.165, 1.54) is 28.7 Å². The first kappa shape index (κ1) is 10.6. The van der Waals surface area contributed by atoms with Crippen LogP contribution in [-0.2, 0) is 12.8 Å². The third-order valence-electron chi connectivity index (χ3n) is 3.19. The highest BCUT2D eigenvalue weighted by molar-refractivity contribution is 7.72. The van der Waals surface area contributed by atoms with E-state index in [9.17, 15) is 0 Å². The van der Waals surface area contributed by atoms with E-state index in [0.717, 1.165) is 21.8 Å². The Hall–Kier alpha value is -0.520. The van der Waals surface area contributed by atoms with Gasteiger partial charge < -0.3 is 9.97 Å². The Balaban J connectivity index is 2.38. The lowest BCUT2D eigenvalue weighted by molar-refractivity contribution is 0.509. The maximum absolute atomic E-state index is 5.37. The van der Waals surface area contributed by atoms with Crippen molar-refractivity contribution in [3.63, 3.8) is 0 Å². The van der Waals surface area contributed by atoms with E-state index in [1.54, 1.807) is 0 Å². The smallest absolute Gasteiger partial charge is 0.176 e. The highest BCUT2D eigenvalue weighted by atomic mass is 32.1. The Bertz CT molecular complexity index is 662. The Labute approximate surface area is 108 Å². The summed E-state index contributed by atoms with van der Waals surface area (Å²) in [6.07, 6.45) is 3.60. The molecule has 0 radical (unpaired) electrons. The molecule has 1 atom stereocenters. The number of hydrogen-bond donors (Lipinski definition) is 2. The molecule has 0 aromatic carbocycles.